The van der Waals surface area contributed by atoms with Gasteiger partial charge in [-0.3, -0.25) is 4.90 Å². The van der Waals surface area contributed by atoms with Crippen molar-refractivity contribution in [3.63, 3.8) is 0 Å². The van der Waals surface area contributed by atoms with E-state index in [1.54, 1.807) is 13.3 Å². The Kier molecular flexibility index (Phi) is 6.46. The predicted octanol–water partition coefficient (Wildman–Crippen LogP) is 2.69. The minimum atomic E-state index is 0.682. The minimum Gasteiger partial charge on any atom is -0.481 e. The van der Waals surface area contributed by atoms with Crippen LogP contribution < -0.4 is 10.1 Å². The highest BCUT2D eigenvalue weighted by Crippen LogP contribution is 2.24. The third kappa shape index (κ3) is 4.42. The zero-order valence-electron chi connectivity index (χ0n) is 13.6. The van der Waals surface area contributed by atoms with Gasteiger partial charge in [-0.15, -0.1) is 0 Å². The Morgan fingerprint density at radius 2 is 2.29 bits per heavy atom. The molecule has 2 unspecified atom stereocenters. The second-order valence-electron chi connectivity index (χ2n) is 5.92. The van der Waals surface area contributed by atoms with Crippen LogP contribution in [0, 0.1) is 5.92 Å². The number of likely N-dealkylation sites (tertiary alicyclic amines) is 1. The molecule has 0 spiro atoms. The molecule has 0 aromatic carbocycles. The number of rotatable bonds is 7. The normalized spacial score (nSPS) is 23.2. The lowest BCUT2D eigenvalue weighted by Crippen LogP contribution is -2.49. The van der Waals surface area contributed by atoms with Crippen LogP contribution in [0.15, 0.2) is 18.3 Å². The SMILES string of the molecule is CCCNC1CCN(Cc2cccnc2OC)CC1CC. The molecule has 0 aliphatic carbocycles. The lowest BCUT2D eigenvalue weighted by molar-refractivity contribution is 0.127. The molecule has 0 amide bonds. The average molecular weight is 291 g/mol. The molecule has 1 aromatic heterocycles. The molecular formula is C17H29N3O. The number of ether oxygens (including phenoxy) is 1. The maximum Gasteiger partial charge on any atom is 0.217 e. The first-order chi connectivity index (χ1) is 10.3. The number of pyridine rings is 1. The fraction of sp³-hybridized carbons (Fsp3) is 0.706. The van der Waals surface area contributed by atoms with E-state index >= 15 is 0 Å². The quantitative estimate of drug-likeness (QED) is 0.838. The first-order valence-corrected chi connectivity index (χ1v) is 8.22. The molecule has 2 atom stereocenters. The van der Waals surface area contributed by atoms with E-state index in [4.69, 9.17) is 4.74 Å². The molecule has 0 bridgehead atoms. The van der Waals surface area contributed by atoms with Crippen molar-refractivity contribution in [2.45, 2.75) is 45.7 Å². The summed E-state index contributed by atoms with van der Waals surface area (Å²) in [6.45, 7) is 8.93. The third-order valence-corrected chi connectivity index (χ3v) is 4.44. The molecule has 4 heteroatoms. The van der Waals surface area contributed by atoms with Crippen molar-refractivity contribution in [2.24, 2.45) is 5.92 Å². The van der Waals surface area contributed by atoms with Crippen molar-refractivity contribution in [3.05, 3.63) is 23.9 Å². The molecule has 1 saturated heterocycles. The van der Waals surface area contributed by atoms with Crippen LogP contribution in [0.3, 0.4) is 0 Å². The fourth-order valence-corrected chi connectivity index (χ4v) is 3.23. The summed E-state index contributed by atoms with van der Waals surface area (Å²) in [5.41, 5.74) is 1.19. The molecule has 1 fully saturated rings. The second-order valence-corrected chi connectivity index (χ2v) is 5.92. The Morgan fingerprint density at radius 3 is 3.00 bits per heavy atom. The van der Waals surface area contributed by atoms with E-state index in [-0.39, 0.29) is 0 Å². The summed E-state index contributed by atoms with van der Waals surface area (Å²) in [4.78, 5) is 6.84. The molecule has 0 saturated carbocycles. The Bertz CT molecular complexity index is 424. The lowest BCUT2D eigenvalue weighted by Gasteiger charge is -2.39. The van der Waals surface area contributed by atoms with Gasteiger partial charge in [-0.2, -0.15) is 0 Å². The number of nitrogens with one attached hydrogen (secondary N) is 1. The molecule has 1 aliphatic heterocycles. The molecule has 1 N–H and O–H groups in total. The first kappa shape index (κ1) is 16.2. The summed E-state index contributed by atoms with van der Waals surface area (Å²) in [6.07, 6.45) is 5.48. The summed E-state index contributed by atoms with van der Waals surface area (Å²) in [6, 6.07) is 4.79. The van der Waals surface area contributed by atoms with Gasteiger partial charge in [0.1, 0.15) is 0 Å². The Labute approximate surface area is 128 Å². The highest BCUT2D eigenvalue weighted by molar-refractivity contribution is 5.25. The van der Waals surface area contributed by atoms with Gasteiger partial charge in [0.2, 0.25) is 5.88 Å². The van der Waals surface area contributed by atoms with Crippen LogP contribution in [0.25, 0.3) is 0 Å². The lowest BCUT2D eigenvalue weighted by atomic mass is 9.89. The van der Waals surface area contributed by atoms with E-state index in [0.717, 1.165) is 38.0 Å². The number of hydrogen-bond donors (Lipinski definition) is 1. The molecule has 0 radical (unpaired) electrons. The summed E-state index contributed by atoms with van der Waals surface area (Å²) in [5, 5.41) is 3.72. The topological polar surface area (TPSA) is 37.4 Å². The van der Waals surface area contributed by atoms with Crippen LogP contribution in [0.4, 0.5) is 0 Å². The fourth-order valence-electron chi connectivity index (χ4n) is 3.23. The summed E-state index contributed by atoms with van der Waals surface area (Å²) < 4.78 is 5.36. The zero-order valence-corrected chi connectivity index (χ0v) is 13.6. The van der Waals surface area contributed by atoms with Crippen molar-refractivity contribution in [1.82, 2.24) is 15.2 Å². The number of hydrogen-bond acceptors (Lipinski definition) is 4. The number of nitrogens with zero attached hydrogens (tertiary/aromatic N) is 2. The van der Waals surface area contributed by atoms with Crippen molar-refractivity contribution < 1.29 is 4.74 Å². The van der Waals surface area contributed by atoms with Gasteiger partial charge in [-0.25, -0.2) is 4.98 Å². The van der Waals surface area contributed by atoms with Gasteiger partial charge >= 0.3 is 0 Å². The summed E-state index contributed by atoms with van der Waals surface area (Å²) in [7, 11) is 1.70. The van der Waals surface area contributed by atoms with E-state index in [0.29, 0.717) is 6.04 Å². The van der Waals surface area contributed by atoms with E-state index in [1.807, 2.05) is 6.07 Å². The zero-order chi connectivity index (χ0) is 15.1. The van der Waals surface area contributed by atoms with Crippen LogP contribution in [0.2, 0.25) is 0 Å². The van der Waals surface area contributed by atoms with E-state index in [9.17, 15) is 0 Å². The predicted molar refractivity (Wildman–Crippen MR) is 86.5 cm³/mol. The van der Waals surface area contributed by atoms with Gasteiger partial charge in [0, 0.05) is 30.9 Å². The van der Waals surface area contributed by atoms with Gasteiger partial charge in [-0.1, -0.05) is 26.3 Å². The van der Waals surface area contributed by atoms with E-state index < -0.39 is 0 Å². The molecule has 118 valence electrons. The highest BCUT2D eigenvalue weighted by Gasteiger charge is 2.27. The van der Waals surface area contributed by atoms with Crippen LogP contribution in [-0.4, -0.2) is 42.7 Å². The maximum atomic E-state index is 5.36. The molecule has 21 heavy (non-hydrogen) atoms. The molecule has 1 aromatic rings. The largest absolute Gasteiger partial charge is 0.481 e. The maximum absolute atomic E-state index is 5.36. The Morgan fingerprint density at radius 1 is 1.43 bits per heavy atom. The van der Waals surface area contributed by atoms with Gasteiger partial charge < -0.3 is 10.1 Å². The van der Waals surface area contributed by atoms with Crippen molar-refractivity contribution in [2.75, 3.05) is 26.7 Å². The second kappa shape index (κ2) is 8.35. The van der Waals surface area contributed by atoms with Crippen molar-refractivity contribution in [3.8, 4) is 5.88 Å². The van der Waals surface area contributed by atoms with Crippen LogP contribution in [-0.2, 0) is 6.54 Å². The molecular weight excluding hydrogens is 262 g/mol. The molecule has 2 rings (SSSR count). The molecule has 1 aliphatic rings. The average Bonchev–Trinajstić information content (AvgIpc) is 2.54. The summed E-state index contributed by atoms with van der Waals surface area (Å²) in [5.74, 6) is 1.50. The van der Waals surface area contributed by atoms with Crippen molar-refractivity contribution >= 4 is 0 Å². The van der Waals surface area contributed by atoms with Gasteiger partial charge in [0.25, 0.3) is 0 Å². The van der Waals surface area contributed by atoms with E-state index in [1.165, 1.54) is 24.8 Å². The Hall–Kier alpha value is -1.13. The van der Waals surface area contributed by atoms with E-state index in [2.05, 4.69) is 35.1 Å². The van der Waals surface area contributed by atoms with Gasteiger partial charge in [0.15, 0.2) is 0 Å². The highest BCUT2D eigenvalue weighted by atomic mass is 16.5. The smallest absolute Gasteiger partial charge is 0.217 e. The molecule has 2 heterocycles. The summed E-state index contributed by atoms with van der Waals surface area (Å²) >= 11 is 0. The van der Waals surface area contributed by atoms with Crippen LogP contribution >= 0.6 is 0 Å². The van der Waals surface area contributed by atoms with Gasteiger partial charge in [-0.05, 0) is 37.9 Å². The van der Waals surface area contributed by atoms with Crippen LogP contribution in [0.1, 0.15) is 38.7 Å². The number of piperidine rings is 1. The standard InChI is InChI=1S/C17H29N3O/c1-4-9-18-16-8-11-20(12-14(16)5-2)13-15-7-6-10-19-17(15)21-3/h6-7,10,14,16,18H,4-5,8-9,11-13H2,1-3H3. The first-order valence-electron chi connectivity index (χ1n) is 8.22. The molecule has 4 nitrogen and oxygen atoms in total. The van der Waals surface area contributed by atoms with Gasteiger partial charge in [0.05, 0.1) is 7.11 Å². The number of methoxy groups -OCH3 is 1. The Balaban J connectivity index is 1.94. The minimum absolute atomic E-state index is 0.682. The third-order valence-electron chi connectivity index (χ3n) is 4.44. The van der Waals surface area contributed by atoms with Crippen LogP contribution in [0.5, 0.6) is 5.88 Å². The number of aromatic nitrogens is 1. The monoisotopic (exact) mass is 291 g/mol. The van der Waals surface area contributed by atoms with Crippen molar-refractivity contribution in [1.29, 1.82) is 0 Å².